The van der Waals surface area contributed by atoms with Gasteiger partial charge in [0.25, 0.3) is 10.0 Å². The second-order valence-electron chi connectivity index (χ2n) is 5.80. The van der Waals surface area contributed by atoms with E-state index in [-0.39, 0.29) is 22.9 Å². The molecule has 0 amide bonds. The third-order valence-electron chi connectivity index (χ3n) is 4.48. The molecule has 1 aliphatic rings. The highest BCUT2D eigenvalue weighted by Gasteiger charge is 2.42. The first-order valence-electron chi connectivity index (χ1n) is 7.82. The zero-order chi connectivity index (χ0) is 18.8. The van der Waals surface area contributed by atoms with Crippen molar-refractivity contribution in [3.8, 4) is 17.2 Å². The monoisotopic (exact) mass is 373 g/mol. The van der Waals surface area contributed by atoms with Crippen molar-refractivity contribution in [2.24, 2.45) is 5.92 Å². The van der Waals surface area contributed by atoms with Crippen LogP contribution in [0.4, 0.5) is 0 Å². The molecular weight excluding hydrogens is 350 g/mol. The molecule has 9 heteroatoms. The summed E-state index contributed by atoms with van der Waals surface area (Å²) in [6, 6.07) is 2.24. The number of carboxylic acids is 1. The number of carbonyl (C=O) groups is 1. The predicted octanol–water partition coefficient (Wildman–Crippen LogP) is 1.59. The van der Waals surface area contributed by atoms with Crippen molar-refractivity contribution in [3.63, 3.8) is 0 Å². The van der Waals surface area contributed by atoms with Crippen LogP contribution in [0.2, 0.25) is 0 Å². The lowest BCUT2D eigenvalue weighted by molar-refractivity contribution is -0.144. The number of carboxylic acid groups (broad SMARTS) is 1. The minimum Gasteiger partial charge on any atom is -0.496 e. The zero-order valence-corrected chi connectivity index (χ0v) is 15.5. The molecule has 140 valence electrons. The second kappa shape index (κ2) is 7.49. The summed E-state index contributed by atoms with van der Waals surface area (Å²) in [6.45, 7) is 1.85. The standard InChI is InChI=1S/C16H23NO7S/c1-10-12(16(18)19)6-5-7-17(10)25(20,21)15-13(23-3)8-11(22-2)9-14(15)24-4/h8-10,12H,5-7H2,1-4H3,(H,18,19)/t10-,12-/m0/s1. The Morgan fingerprint density at radius 3 is 2.16 bits per heavy atom. The number of rotatable bonds is 6. The van der Waals surface area contributed by atoms with Crippen LogP contribution < -0.4 is 14.2 Å². The second-order valence-corrected chi connectivity index (χ2v) is 7.63. The molecular formula is C16H23NO7S. The Bertz CT molecular complexity index is 722. The van der Waals surface area contributed by atoms with Gasteiger partial charge in [-0.1, -0.05) is 0 Å². The van der Waals surface area contributed by atoms with Crippen LogP contribution >= 0.6 is 0 Å². The number of methoxy groups -OCH3 is 3. The zero-order valence-electron chi connectivity index (χ0n) is 14.7. The third-order valence-corrected chi connectivity index (χ3v) is 6.53. The van der Waals surface area contributed by atoms with Gasteiger partial charge in [-0.15, -0.1) is 0 Å². The smallest absolute Gasteiger partial charge is 0.308 e. The Morgan fingerprint density at radius 2 is 1.72 bits per heavy atom. The topological polar surface area (TPSA) is 102 Å². The molecule has 0 unspecified atom stereocenters. The van der Waals surface area contributed by atoms with Gasteiger partial charge in [-0.2, -0.15) is 4.31 Å². The largest absolute Gasteiger partial charge is 0.496 e. The van der Waals surface area contributed by atoms with Gasteiger partial charge in [-0.3, -0.25) is 4.79 Å². The summed E-state index contributed by atoms with van der Waals surface area (Å²) in [4.78, 5) is 11.3. The van der Waals surface area contributed by atoms with Gasteiger partial charge in [0.1, 0.15) is 17.2 Å². The average Bonchev–Trinajstić information content (AvgIpc) is 2.59. The molecule has 1 aliphatic heterocycles. The maximum Gasteiger partial charge on any atom is 0.308 e. The van der Waals surface area contributed by atoms with E-state index in [1.807, 2.05) is 0 Å². The lowest BCUT2D eigenvalue weighted by Gasteiger charge is -2.36. The van der Waals surface area contributed by atoms with Gasteiger partial charge < -0.3 is 19.3 Å². The van der Waals surface area contributed by atoms with Crippen molar-refractivity contribution < 1.29 is 32.5 Å². The number of aliphatic carboxylic acids is 1. The lowest BCUT2D eigenvalue weighted by atomic mass is 9.92. The first kappa shape index (κ1) is 19.3. The number of benzene rings is 1. The molecule has 1 aromatic carbocycles. The summed E-state index contributed by atoms with van der Waals surface area (Å²) >= 11 is 0. The Kier molecular flexibility index (Phi) is 5.79. The van der Waals surface area contributed by atoms with Crippen LogP contribution in [0.5, 0.6) is 17.2 Å². The molecule has 0 bridgehead atoms. The maximum absolute atomic E-state index is 13.3. The summed E-state index contributed by atoms with van der Waals surface area (Å²) in [5.41, 5.74) is 0. The van der Waals surface area contributed by atoms with E-state index in [0.29, 0.717) is 18.6 Å². The number of ether oxygens (including phenoxy) is 3. The molecule has 0 aliphatic carbocycles. The first-order valence-corrected chi connectivity index (χ1v) is 9.26. The fraction of sp³-hybridized carbons (Fsp3) is 0.562. The van der Waals surface area contributed by atoms with E-state index in [0.717, 1.165) is 0 Å². The van der Waals surface area contributed by atoms with Crippen molar-refractivity contribution >= 4 is 16.0 Å². The van der Waals surface area contributed by atoms with E-state index in [1.165, 1.54) is 37.8 Å². The quantitative estimate of drug-likeness (QED) is 0.808. The fourth-order valence-electron chi connectivity index (χ4n) is 3.13. The number of sulfonamides is 1. The van der Waals surface area contributed by atoms with Gasteiger partial charge >= 0.3 is 5.97 Å². The molecule has 1 saturated heterocycles. The molecule has 2 rings (SSSR count). The van der Waals surface area contributed by atoms with Crippen molar-refractivity contribution in [1.29, 1.82) is 0 Å². The summed E-state index contributed by atoms with van der Waals surface area (Å²) in [5.74, 6) is -1.19. The van der Waals surface area contributed by atoms with E-state index < -0.39 is 28.0 Å². The van der Waals surface area contributed by atoms with Crippen molar-refractivity contribution in [2.45, 2.75) is 30.7 Å². The molecule has 0 aromatic heterocycles. The highest BCUT2D eigenvalue weighted by atomic mass is 32.2. The fourth-order valence-corrected chi connectivity index (χ4v) is 5.11. The van der Waals surface area contributed by atoms with Crippen molar-refractivity contribution in [2.75, 3.05) is 27.9 Å². The van der Waals surface area contributed by atoms with E-state index in [9.17, 15) is 18.3 Å². The van der Waals surface area contributed by atoms with Gasteiger partial charge in [0.2, 0.25) is 0 Å². The molecule has 2 atom stereocenters. The highest BCUT2D eigenvalue weighted by Crippen LogP contribution is 2.41. The van der Waals surface area contributed by atoms with Crippen LogP contribution in [0.25, 0.3) is 0 Å². The molecule has 1 heterocycles. The number of hydrogen-bond acceptors (Lipinski definition) is 6. The number of hydrogen-bond donors (Lipinski definition) is 1. The van der Waals surface area contributed by atoms with E-state index in [1.54, 1.807) is 6.92 Å². The van der Waals surface area contributed by atoms with Crippen LogP contribution in [-0.4, -0.2) is 57.7 Å². The summed E-state index contributed by atoms with van der Waals surface area (Å²) in [6.07, 6.45) is 0.917. The van der Waals surface area contributed by atoms with Crippen LogP contribution in [0.15, 0.2) is 17.0 Å². The Balaban J connectivity index is 2.57. The molecule has 8 nitrogen and oxygen atoms in total. The summed E-state index contributed by atoms with van der Waals surface area (Å²) < 4.78 is 43.3. The van der Waals surface area contributed by atoms with E-state index in [4.69, 9.17) is 14.2 Å². The predicted molar refractivity (Wildman–Crippen MR) is 89.8 cm³/mol. The van der Waals surface area contributed by atoms with Crippen molar-refractivity contribution in [1.82, 2.24) is 4.31 Å². The normalized spacial score (nSPS) is 21.6. The Morgan fingerprint density at radius 1 is 1.16 bits per heavy atom. The molecule has 0 radical (unpaired) electrons. The minimum atomic E-state index is -4.02. The molecule has 0 saturated carbocycles. The van der Waals surface area contributed by atoms with E-state index >= 15 is 0 Å². The Hall–Kier alpha value is -2.00. The molecule has 1 fully saturated rings. The van der Waals surface area contributed by atoms with Gasteiger partial charge in [-0.25, -0.2) is 8.42 Å². The minimum absolute atomic E-state index is 0.0841. The lowest BCUT2D eigenvalue weighted by Crippen LogP contribution is -2.49. The third kappa shape index (κ3) is 3.52. The maximum atomic E-state index is 13.3. The van der Waals surface area contributed by atoms with Gasteiger partial charge in [-0.05, 0) is 19.8 Å². The highest BCUT2D eigenvalue weighted by molar-refractivity contribution is 7.89. The summed E-state index contributed by atoms with van der Waals surface area (Å²) in [5, 5.41) is 9.35. The van der Waals surface area contributed by atoms with Crippen LogP contribution in [0, 0.1) is 5.92 Å². The molecule has 0 spiro atoms. The SMILES string of the molecule is COc1cc(OC)c(S(=O)(=O)N2CCC[C@H](C(=O)O)[C@@H]2C)c(OC)c1. The number of piperidine rings is 1. The molecule has 1 aromatic rings. The van der Waals surface area contributed by atoms with Gasteiger partial charge in [0, 0.05) is 24.7 Å². The van der Waals surface area contributed by atoms with Gasteiger partial charge in [0.15, 0.2) is 4.90 Å². The van der Waals surface area contributed by atoms with Gasteiger partial charge in [0.05, 0.1) is 27.2 Å². The molecule has 1 N–H and O–H groups in total. The van der Waals surface area contributed by atoms with Crippen molar-refractivity contribution in [3.05, 3.63) is 12.1 Å². The van der Waals surface area contributed by atoms with Crippen LogP contribution in [0.1, 0.15) is 19.8 Å². The first-order chi connectivity index (χ1) is 11.8. The Labute approximate surface area is 147 Å². The number of nitrogens with zero attached hydrogens (tertiary/aromatic N) is 1. The van der Waals surface area contributed by atoms with E-state index in [2.05, 4.69) is 0 Å². The van der Waals surface area contributed by atoms with Crippen LogP contribution in [-0.2, 0) is 14.8 Å². The summed E-state index contributed by atoms with van der Waals surface area (Å²) in [7, 11) is 0.135. The van der Waals surface area contributed by atoms with Crippen LogP contribution in [0.3, 0.4) is 0 Å². The molecule has 25 heavy (non-hydrogen) atoms. The average molecular weight is 373 g/mol.